The lowest BCUT2D eigenvalue weighted by Crippen LogP contribution is -2.01. The van der Waals surface area contributed by atoms with E-state index in [9.17, 15) is 10.1 Å². The molecule has 0 radical (unpaired) electrons. The lowest BCUT2D eigenvalue weighted by Gasteiger charge is -2.05. The molecule has 1 aliphatic rings. The van der Waals surface area contributed by atoms with Crippen LogP contribution in [0.3, 0.4) is 0 Å². The number of hydrogen-bond acceptors (Lipinski definition) is 3. The number of nitro groups is 1. The standard InChI is InChI=1S/C9H9BrN2O2/c10-8-5-7(12(13)14)3-4-9(8)11-6-1-2-6/h3-6,11H,1-2H2. The SMILES string of the molecule is O=[N+]([O-])c1ccc(NC2CC2)c(Br)c1. The van der Waals surface area contributed by atoms with Crippen LogP contribution in [0.1, 0.15) is 12.8 Å². The molecule has 0 spiro atoms. The van der Waals surface area contributed by atoms with Crippen LogP contribution >= 0.6 is 15.9 Å². The molecule has 0 aliphatic heterocycles. The first kappa shape index (κ1) is 9.45. The first-order valence-corrected chi connectivity index (χ1v) is 5.16. The summed E-state index contributed by atoms with van der Waals surface area (Å²) in [6.45, 7) is 0. The van der Waals surface area contributed by atoms with Crippen LogP contribution in [0.5, 0.6) is 0 Å². The average molecular weight is 257 g/mol. The van der Waals surface area contributed by atoms with Crippen molar-refractivity contribution in [2.75, 3.05) is 5.32 Å². The van der Waals surface area contributed by atoms with E-state index in [1.54, 1.807) is 6.07 Å². The third-order valence-electron chi connectivity index (χ3n) is 2.10. The van der Waals surface area contributed by atoms with Crippen LogP contribution in [0.25, 0.3) is 0 Å². The maximum absolute atomic E-state index is 10.5. The summed E-state index contributed by atoms with van der Waals surface area (Å²) in [6, 6.07) is 5.31. The summed E-state index contributed by atoms with van der Waals surface area (Å²) in [7, 11) is 0. The Labute approximate surface area is 89.6 Å². The van der Waals surface area contributed by atoms with Crippen molar-refractivity contribution in [2.24, 2.45) is 0 Å². The zero-order chi connectivity index (χ0) is 10.1. The quantitative estimate of drug-likeness (QED) is 0.669. The molecule has 0 atom stereocenters. The zero-order valence-corrected chi connectivity index (χ0v) is 8.95. The van der Waals surface area contributed by atoms with Gasteiger partial charge in [0, 0.05) is 28.3 Å². The van der Waals surface area contributed by atoms with Crippen molar-refractivity contribution in [2.45, 2.75) is 18.9 Å². The van der Waals surface area contributed by atoms with Crippen molar-refractivity contribution in [1.82, 2.24) is 0 Å². The number of nitrogens with one attached hydrogen (secondary N) is 1. The van der Waals surface area contributed by atoms with Crippen LogP contribution < -0.4 is 5.32 Å². The fourth-order valence-electron chi connectivity index (χ4n) is 1.18. The maximum atomic E-state index is 10.5. The minimum atomic E-state index is -0.397. The molecule has 1 fully saturated rings. The molecule has 4 nitrogen and oxygen atoms in total. The summed E-state index contributed by atoms with van der Waals surface area (Å²) in [6.07, 6.45) is 2.37. The molecule has 0 aromatic heterocycles. The Hall–Kier alpha value is -1.10. The molecule has 0 bridgehead atoms. The molecule has 0 saturated heterocycles. The number of hydrogen-bond donors (Lipinski definition) is 1. The molecule has 0 heterocycles. The van der Waals surface area contributed by atoms with Gasteiger partial charge in [0.05, 0.1) is 4.92 Å². The van der Waals surface area contributed by atoms with E-state index in [4.69, 9.17) is 0 Å². The summed E-state index contributed by atoms with van der Waals surface area (Å²) in [5.41, 5.74) is 1.04. The maximum Gasteiger partial charge on any atom is 0.270 e. The van der Waals surface area contributed by atoms with Crippen molar-refractivity contribution >= 4 is 27.3 Å². The largest absolute Gasteiger partial charge is 0.381 e. The molecule has 74 valence electrons. The minimum absolute atomic E-state index is 0.109. The number of nitro benzene ring substituents is 1. The fourth-order valence-corrected chi connectivity index (χ4v) is 1.66. The second-order valence-corrected chi connectivity index (χ2v) is 4.19. The molecule has 0 amide bonds. The summed E-state index contributed by atoms with van der Waals surface area (Å²) in [5.74, 6) is 0. The van der Waals surface area contributed by atoms with E-state index < -0.39 is 4.92 Å². The number of non-ortho nitro benzene ring substituents is 1. The van der Waals surface area contributed by atoms with Crippen molar-refractivity contribution in [3.05, 3.63) is 32.8 Å². The number of anilines is 1. The Morgan fingerprint density at radius 1 is 1.50 bits per heavy atom. The predicted octanol–water partition coefficient (Wildman–Crippen LogP) is 2.93. The van der Waals surface area contributed by atoms with Gasteiger partial charge >= 0.3 is 0 Å². The molecule has 2 rings (SSSR count). The molecular weight excluding hydrogens is 248 g/mol. The van der Waals surface area contributed by atoms with Gasteiger partial charge in [-0.25, -0.2) is 0 Å². The van der Waals surface area contributed by atoms with Gasteiger partial charge in [-0.3, -0.25) is 10.1 Å². The number of rotatable bonds is 3. The Balaban J connectivity index is 2.21. The van der Waals surface area contributed by atoms with E-state index in [1.165, 1.54) is 25.0 Å². The van der Waals surface area contributed by atoms with Crippen molar-refractivity contribution in [1.29, 1.82) is 0 Å². The van der Waals surface area contributed by atoms with E-state index in [2.05, 4.69) is 21.2 Å². The number of halogens is 1. The second kappa shape index (κ2) is 3.57. The first-order valence-electron chi connectivity index (χ1n) is 4.37. The van der Waals surface area contributed by atoms with E-state index >= 15 is 0 Å². The van der Waals surface area contributed by atoms with Crippen LogP contribution in [0.4, 0.5) is 11.4 Å². The highest BCUT2D eigenvalue weighted by atomic mass is 79.9. The highest BCUT2D eigenvalue weighted by Crippen LogP contribution is 2.31. The number of benzene rings is 1. The number of nitrogens with zero attached hydrogens (tertiary/aromatic N) is 1. The van der Waals surface area contributed by atoms with Gasteiger partial charge in [0.2, 0.25) is 0 Å². The van der Waals surface area contributed by atoms with Crippen molar-refractivity contribution in [3.63, 3.8) is 0 Å². The van der Waals surface area contributed by atoms with E-state index in [-0.39, 0.29) is 5.69 Å². The third kappa shape index (κ3) is 2.04. The molecule has 0 unspecified atom stereocenters. The second-order valence-electron chi connectivity index (χ2n) is 3.34. The lowest BCUT2D eigenvalue weighted by atomic mass is 10.3. The van der Waals surface area contributed by atoms with Gasteiger partial charge in [0.1, 0.15) is 0 Å². The molecule has 1 aromatic carbocycles. The van der Waals surface area contributed by atoms with Crippen LogP contribution in [0.15, 0.2) is 22.7 Å². The van der Waals surface area contributed by atoms with E-state index in [0.717, 1.165) is 10.2 Å². The van der Waals surface area contributed by atoms with Gasteiger partial charge in [0.25, 0.3) is 5.69 Å². The summed E-state index contributed by atoms with van der Waals surface area (Å²) in [5, 5.41) is 13.7. The van der Waals surface area contributed by atoms with Crippen molar-refractivity contribution < 1.29 is 4.92 Å². The topological polar surface area (TPSA) is 55.2 Å². The predicted molar refractivity (Wildman–Crippen MR) is 57.4 cm³/mol. The molecule has 14 heavy (non-hydrogen) atoms. The minimum Gasteiger partial charge on any atom is -0.381 e. The Bertz CT molecular complexity index is 377. The molecule has 5 heteroatoms. The Morgan fingerprint density at radius 3 is 2.71 bits per heavy atom. The highest BCUT2D eigenvalue weighted by Gasteiger charge is 2.22. The van der Waals surface area contributed by atoms with Crippen LogP contribution in [0, 0.1) is 10.1 Å². The van der Waals surface area contributed by atoms with E-state index in [0.29, 0.717) is 6.04 Å². The summed E-state index contributed by atoms with van der Waals surface area (Å²) < 4.78 is 0.749. The molecule has 1 aliphatic carbocycles. The van der Waals surface area contributed by atoms with Gasteiger partial charge in [0.15, 0.2) is 0 Å². The van der Waals surface area contributed by atoms with Crippen LogP contribution in [-0.4, -0.2) is 11.0 Å². The molecule has 1 N–H and O–H groups in total. The van der Waals surface area contributed by atoms with Gasteiger partial charge in [-0.1, -0.05) is 0 Å². The van der Waals surface area contributed by atoms with Gasteiger partial charge in [-0.15, -0.1) is 0 Å². The van der Waals surface area contributed by atoms with Crippen molar-refractivity contribution in [3.8, 4) is 0 Å². The van der Waals surface area contributed by atoms with E-state index in [1.807, 2.05) is 0 Å². The Morgan fingerprint density at radius 2 is 2.21 bits per heavy atom. The lowest BCUT2D eigenvalue weighted by molar-refractivity contribution is -0.384. The third-order valence-corrected chi connectivity index (χ3v) is 2.76. The average Bonchev–Trinajstić information content (AvgIpc) is 2.92. The molecule has 1 saturated carbocycles. The highest BCUT2D eigenvalue weighted by molar-refractivity contribution is 9.10. The molecule has 1 aromatic rings. The fraction of sp³-hybridized carbons (Fsp3) is 0.333. The van der Waals surface area contributed by atoms with Crippen LogP contribution in [-0.2, 0) is 0 Å². The zero-order valence-electron chi connectivity index (χ0n) is 7.37. The van der Waals surface area contributed by atoms with Gasteiger partial charge in [-0.05, 0) is 34.8 Å². The monoisotopic (exact) mass is 256 g/mol. The van der Waals surface area contributed by atoms with Crippen LogP contribution in [0.2, 0.25) is 0 Å². The summed E-state index contributed by atoms with van der Waals surface area (Å²) >= 11 is 3.30. The Kier molecular flexibility index (Phi) is 2.41. The normalized spacial score (nSPS) is 15.2. The van der Waals surface area contributed by atoms with Gasteiger partial charge in [-0.2, -0.15) is 0 Å². The van der Waals surface area contributed by atoms with Gasteiger partial charge < -0.3 is 5.32 Å². The summed E-state index contributed by atoms with van der Waals surface area (Å²) in [4.78, 5) is 10.1. The first-order chi connectivity index (χ1) is 6.66. The molecular formula is C9H9BrN2O2. The smallest absolute Gasteiger partial charge is 0.270 e.